The van der Waals surface area contributed by atoms with E-state index in [9.17, 15) is 9.59 Å². The molecule has 0 saturated heterocycles. The Kier molecular flexibility index (Phi) is 5.77. The summed E-state index contributed by atoms with van der Waals surface area (Å²) in [6.07, 6.45) is 4.40. The van der Waals surface area contributed by atoms with E-state index in [-0.39, 0.29) is 19.1 Å². The van der Waals surface area contributed by atoms with Crippen LogP contribution in [0.25, 0.3) is 10.2 Å². The van der Waals surface area contributed by atoms with Gasteiger partial charge in [0.25, 0.3) is 5.91 Å². The number of aromatic nitrogens is 2. The van der Waals surface area contributed by atoms with Gasteiger partial charge in [-0.1, -0.05) is 15.9 Å². The Labute approximate surface area is 179 Å². The number of rotatable bonds is 5. The number of carbonyl (C=O) groups is 2. The van der Waals surface area contributed by atoms with E-state index in [1.54, 1.807) is 35.6 Å². The van der Waals surface area contributed by atoms with Crippen molar-refractivity contribution in [2.75, 3.05) is 12.3 Å². The van der Waals surface area contributed by atoms with Gasteiger partial charge in [0.05, 0.1) is 5.39 Å². The van der Waals surface area contributed by atoms with E-state index in [0.717, 1.165) is 34.0 Å². The maximum Gasteiger partial charge on any atom is 0.325 e. The first-order valence-corrected chi connectivity index (χ1v) is 10.9. The summed E-state index contributed by atoms with van der Waals surface area (Å²) in [4.78, 5) is 35.0. The predicted molar refractivity (Wildman–Crippen MR) is 115 cm³/mol. The summed E-state index contributed by atoms with van der Waals surface area (Å²) in [5, 5.41) is 3.48. The Hall–Kier alpha value is -2.52. The van der Waals surface area contributed by atoms with Crippen LogP contribution >= 0.6 is 27.3 Å². The van der Waals surface area contributed by atoms with Crippen LogP contribution in [0.4, 0.5) is 5.82 Å². The minimum Gasteiger partial charge on any atom is -0.456 e. The van der Waals surface area contributed by atoms with E-state index in [1.807, 2.05) is 0 Å². The number of benzene rings is 1. The Balaban J connectivity index is 1.36. The van der Waals surface area contributed by atoms with Gasteiger partial charge in [0, 0.05) is 14.9 Å². The molecule has 7 nitrogen and oxygen atoms in total. The fourth-order valence-electron chi connectivity index (χ4n) is 3.35. The number of halogens is 1. The van der Waals surface area contributed by atoms with Crippen LogP contribution in [0.1, 0.15) is 39.5 Å². The Morgan fingerprint density at radius 1 is 1.17 bits per heavy atom. The molecule has 1 aliphatic rings. The highest BCUT2D eigenvalue weighted by molar-refractivity contribution is 9.10. The van der Waals surface area contributed by atoms with E-state index in [2.05, 4.69) is 31.2 Å². The molecule has 0 radical (unpaired) electrons. The summed E-state index contributed by atoms with van der Waals surface area (Å²) in [5.74, 6) is -0.117. The minimum absolute atomic E-state index is 0.0876. The molecule has 0 aliphatic heterocycles. The summed E-state index contributed by atoms with van der Waals surface area (Å²) in [6.45, 7) is -0.324. The number of nitrogens with two attached hydrogens (primary N) is 1. The third-order valence-corrected chi connectivity index (χ3v) is 6.47. The molecule has 0 unspecified atom stereocenters. The molecule has 0 atom stereocenters. The first-order chi connectivity index (χ1) is 14.0. The molecule has 0 bridgehead atoms. The van der Waals surface area contributed by atoms with Crippen molar-refractivity contribution in [1.29, 1.82) is 0 Å². The average molecular weight is 475 g/mol. The molecule has 1 aliphatic carbocycles. The largest absolute Gasteiger partial charge is 0.456 e. The molecular weight excluding hydrogens is 456 g/mol. The van der Waals surface area contributed by atoms with Crippen molar-refractivity contribution in [3.63, 3.8) is 0 Å². The molecule has 0 saturated carbocycles. The predicted octanol–water partition coefficient (Wildman–Crippen LogP) is 3.39. The van der Waals surface area contributed by atoms with Crippen LogP contribution in [0.15, 0.2) is 28.7 Å². The number of hydrogen-bond acceptors (Lipinski definition) is 7. The molecule has 9 heteroatoms. The maximum atomic E-state index is 12.0. The van der Waals surface area contributed by atoms with Crippen LogP contribution in [0.5, 0.6) is 0 Å². The third kappa shape index (κ3) is 4.40. The summed E-state index contributed by atoms with van der Waals surface area (Å²) >= 11 is 4.95. The Bertz CT molecular complexity index is 1080. The molecule has 150 valence electrons. The molecule has 0 spiro atoms. The number of nitrogens with one attached hydrogen (secondary N) is 1. The molecule has 3 N–H and O–H groups in total. The van der Waals surface area contributed by atoms with Crippen molar-refractivity contribution in [2.24, 2.45) is 0 Å². The van der Waals surface area contributed by atoms with E-state index in [1.165, 1.54) is 16.9 Å². The van der Waals surface area contributed by atoms with E-state index >= 15 is 0 Å². The van der Waals surface area contributed by atoms with Crippen molar-refractivity contribution >= 4 is 55.2 Å². The molecule has 4 rings (SSSR count). The monoisotopic (exact) mass is 474 g/mol. The van der Waals surface area contributed by atoms with Gasteiger partial charge < -0.3 is 15.8 Å². The van der Waals surface area contributed by atoms with Gasteiger partial charge >= 0.3 is 5.97 Å². The number of fused-ring (bicyclic) bond motifs is 3. The van der Waals surface area contributed by atoms with Crippen LogP contribution in [0.3, 0.4) is 0 Å². The lowest BCUT2D eigenvalue weighted by Crippen LogP contribution is -2.30. The zero-order valence-corrected chi connectivity index (χ0v) is 17.9. The van der Waals surface area contributed by atoms with Gasteiger partial charge in [0.1, 0.15) is 17.2 Å². The number of thiophene rings is 1. The Morgan fingerprint density at radius 3 is 2.72 bits per heavy atom. The smallest absolute Gasteiger partial charge is 0.325 e. The quantitative estimate of drug-likeness (QED) is 0.548. The van der Waals surface area contributed by atoms with Crippen LogP contribution in [-0.4, -0.2) is 28.4 Å². The van der Waals surface area contributed by atoms with Gasteiger partial charge in [0.15, 0.2) is 12.4 Å². The fourth-order valence-corrected chi connectivity index (χ4v) is 4.90. The normalized spacial score (nSPS) is 13.1. The van der Waals surface area contributed by atoms with Crippen LogP contribution in [0, 0.1) is 0 Å². The fraction of sp³-hybridized carbons (Fsp3) is 0.300. The SMILES string of the molecule is Nc1nc(COC(=O)CNC(=O)c2ccc(Br)cc2)nc2sc3c(c12)CCCC3. The van der Waals surface area contributed by atoms with Gasteiger partial charge in [-0.05, 0) is 55.5 Å². The summed E-state index contributed by atoms with van der Waals surface area (Å²) in [6, 6.07) is 6.84. The molecule has 1 aromatic carbocycles. The number of hydrogen-bond donors (Lipinski definition) is 2. The number of esters is 1. The average Bonchev–Trinajstić information content (AvgIpc) is 3.10. The highest BCUT2D eigenvalue weighted by Gasteiger charge is 2.20. The molecule has 2 aromatic heterocycles. The van der Waals surface area contributed by atoms with Crippen molar-refractivity contribution in [2.45, 2.75) is 32.3 Å². The number of anilines is 1. The lowest BCUT2D eigenvalue weighted by molar-refractivity contribution is -0.143. The van der Waals surface area contributed by atoms with Gasteiger partial charge in [-0.2, -0.15) is 0 Å². The molecule has 2 heterocycles. The van der Waals surface area contributed by atoms with Gasteiger partial charge in [-0.3, -0.25) is 9.59 Å². The van der Waals surface area contributed by atoms with Crippen molar-refractivity contribution in [3.8, 4) is 0 Å². The second kappa shape index (κ2) is 8.46. The highest BCUT2D eigenvalue weighted by atomic mass is 79.9. The highest BCUT2D eigenvalue weighted by Crippen LogP contribution is 2.37. The lowest BCUT2D eigenvalue weighted by atomic mass is 9.97. The summed E-state index contributed by atoms with van der Waals surface area (Å²) in [7, 11) is 0. The first-order valence-electron chi connectivity index (χ1n) is 9.27. The first kappa shape index (κ1) is 19.8. The van der Waals surface area contributed by atoms with Crippen LogP contribution in [-0.2, 0) is 29.0 Å². The number of carbonyl (C=O) groups excluding carboxylic acids is 2. The van der Waals surface area contributed by atoms with Crippen LogP contribution < -0.4 is 11.1 Å². The zero-order chi connectivity index (χ0) is 20.4. The minimum atomic E-state index is -0.566. The Morgan fingerprint density at radius 2 is 1.93 bits per heavy atom. The number of amides is 1. The number of nitrogens with zero attached hydrogens (tertiary/aromatic N) is 2. The molecule has 3 aromatic rings. The van der Waals surface area contributed by atoms with Gasteiger partial charge in [-0.25, -0.2) is 9.97 Å². The third-order valence-electron chi connectivity index (χ3n) is 4.75. The van der Waals surface area contributed by atoms with Crippen molar-refractivity contribution in [3.05, 3.63) is 50.6 Å². The standard InChI is InChI=1S/C20H19BrN4O3S/c21-12-7-5-11(6-8-12)19(27)23-9-16(26)28-10-15-24-18(22)17-13-3-1-2-4-14(13)29-20(17)25-15/h5-8H,1-4,9-10H2,(H,23,27)(H2,22,24,25). The second-order valence-corrected chi connectivity index (χ2v) is 8.77. The maximum absolute atomic E-state index is 12.0. The topological polar surface area (TPSA) is 107 Å². The number of nitrogen functional groups attached to an aromatic ring is 1. The summed E-state index contributed by atoms with van der Waals surface area (Å²) in [5.41, 5.74) is 7.89. The second-order valence-electron chi connectivity index (χ2n) is 6.77. The van der Waals surface area contributed by atoms with E-state index in [0.29, 0.717) is 17.2 Å². The molecule has 29 heavy (non-hydrogen) atoms. The lowest BCUT2D eigenvalue weighted by Gasteiger charge is -2.11. The number of aryl methyl sites for hydroxylation is 2. The number of ether oxygens (including phenoxy) is 1. The van der Waals surface area contributed by atoms with Gasteiger partial charge in [0.2, 0.25) is 0 Å². The van der Waals surface area contributed by atoms with Crippen molar-refractivity contribution in [1.82, 2.24) is 15.3 Å². The summed E-state index contributed by atoms with van der Waals surface area (Å²) < 4.78 is 6.07. The van der Waals surface area contributed by atoms with Gasteiger partial charge in [-0.15, -0.1) is 11.3 Å². The molecule has 0 fully saturated rings. The van der Waals surface area contributed by atoms with E-state index < -0.39 is 5.97 Å². The molecular formula is C20H19BrN4O3S. The zero-order valence-electron chi connectivity index (χ0n) is 15.5. The van der Waals surface area contributed by atoms with Crippen molar-refractivity contribution < 1.29 is 14.3 Å². The molecule has 1 amide bonds. The van der Waals surface area contributed by atoms with Crippen LogP contribution in [0.2, 0.25) is 0 Å². The van der Waals surface area contributed by atoms with E-state index in [4.69, 9.17) is 10.5 Å².